The summed E-state index contributed by atoms with van der Waals surface area (Å²) in [5.41, 5.74) is -2.65. The first-order chi connectivity index (χ1) is 11.2. The van der Waals surface area contributed by atoms with Crippen LogP contribution in [-0.2, 0) is 5.41 Å². The molecule has 1 aromatic carbocycles. The summed E-state index contributed by atoms with van der Waals surface area (Å²) in [6.45, 7) is 0. The fraction of sp³-hybridized carbons (Fsp3) is 0.500. The lowest BCUT2D eigenvalue weighted by Gasteiger charge is -2.29. The van der Waals surface area contributed by atoms with E-state index in [4.69, 9.17) is 0 Å². The van der Waals surface area contributed by atoms with Crippen molar-refractivity contribution < 1.29 is 19.7 Å². The van der Waals surface area contributed by atoms with Crippen LogP contribution in [0.25, 0.3) is 0 Å². The van der Waals surface area contributed by atoms with E-state index in [0.717, 1.165) is 0 Å². The van der Waals surface area contributed by atoms with Gasteiger partial charge < -0.3 is 0 Å². The maximum Gasteiger partial charge on any atom is 0.716 e. The third-order valence-electron chi connectivity index (χ3n) is 4.52. The monoisotopic (exact) mass is 340 g/mol. The van der Waals surface area contributed by atoms with E-state index in [2.05, 4.69) is 0 Å². The van der Waals surface area contributed by atoms with Gasteiger partial charge in [-0.2, -0.15) is 0 Å². The van der Waals surface area contributed by atoms with E-state index in [1.807, 2.05) is 0 Å². The number of rotatable bonds is 6. The molecule has 0 heterocycles. The molecule has 12 heteroatoms. The molecule has 0 bridgehead atoms. The van der Waals surface area contributed by atoms with Crippen LogP contribution in [0.1, 0.15) is 24.8 Å². The molecule has 0 N–H and O–H groups in total. The average Bonchev–Trinajstić information content (AvgIpc) is 2.93. The summed E-state index contributed by atoms with van der Waals surface area (Å²) in [5.74, 6) is -3.94. The minimum atomic E-state index is -3.94. The largest absolute Gasteiger partial charge is 0.716 e. The van der Waals surface area contributed by atoms with Crippen molar-refractivity contribution in [2.45, 2.75) is 36.5 Å². The number of benzene rings is 1. The highest BCUT2D eigenvalue weighted by Gasteiger charge is 2.90. The summed E-state index contributed by atoms with van der Waals surface area (Å²) in [6, 6.07) is 4.86. The van der Waals surface area contributed by atoms with Gasteiger partial charge in [-0.25, -0.2) is 0 Å². The Morgan fingerprint density at radius 2 is 1.42 bits per heavy atom. The Kier molecular flexibility index (Phi) is 4.14. The average molecular weight is 340 g/mol. The highest BCUT2D eigenvalue weighted by molar-refractivity contribution is 5.31. The van der Waals surface area contributed by atoms with Crippen molar-refractivity contribution in [3.05, 3.63) is 76.4 Å². The van der Waals surface area contributed by atoms with E-state index >= 15 is 0 Å². The topological polar surface area (TPSA) is 173 Å². The van der Waals surface area contributed by atoms with Crippen LogP contribution >= 0.6 is 0 Å². The quantitative estimate of drug-likeness (QED) is 0.422. The standard InChI is InChI=1S/C12H12N4O8/c17-13(18)10-7-4-8-11(10,9-5-2-1-3-6-9)12(14(19)20,15(21)22)16(23)24/h1-3,5-6,10H,4,7-8H2. The molecule has 0 aliphatic heterocycles. The summed E-state index contributed by atoms with van der Waals surface area (Å²) in [6.07, 6.45) is -0.609. The van der Waals surface area contributed by atoms with Crippen LogP contribution in [-0.4, -0.2) is 31.5 Å². The molecule has 1 fully saturated rings. The molecule has 1 aromatic rings. The van der Waals surface area contributed by atoms with Crippen molar-refractivity contribution in [2.24, 2.45) is 0 Å². The Hall–Kier alpha value is -3.18. The Labute approximate surface area is 133 Å². The molecule has 24 heavy (non-hydrogen) atoms. The summed E-state index contributed by atoms with van der Waals surface area (Å²) in [4.78, 5) is 40.3. The molecule has 1 aliphatic carbocycles. The molecule has 0 spiro atoms. The van der Waals surface area contributed by atoms with Gasteiger partial charge in [0, 0.05) is 11.3 Å². The van der Waals surface area contributed by atoms with E-state index in [-0.39, 0.29) is 18.4 Å². The van der Waals surface area contributed by atoms with Crippen LogP contribution < -0.4 is 0 Å². The molecular formula is C12H12N4O8. The summed E-state index contributed by atoms with van der Waals surface area (Å²) < 4.78 is 0. The third-order valence-corrected chi connectivity index (χ3v) is 4.52. The fourth-order valence-electron chi connectivity index (χ4n) is 3.62. The number of hydrogen-bond donors (Lipinski definition) is 0. The van der Waals surface area contributed by atoms with E-state index in [1.165, 1.54) is 30.3 Å². The molecule has 2 atom stereocenters. The van der Waals surface area contributed by atoms with Crippen LogP contribution in [0, 0.1) is 40.5 Å². The van der Waals surface area contributed by atoms with Gasteiger partial charge in [0.05, 0.1) is 0 Å². The molecule has 0 amide bonds. The summed E-state index contributed by atoms with van der Waals surface area (Å²) in [5, 5.41) is 46.1. The van der Waals surface area contributed by atoms with Crippen LogP contribution in [0.2, 0.25) is 0 Å². The zero-order valence-corrected chi connectivity index (χ0v) is 12.1. The zero-order chi connectivity index (χ0) is 18.1. The predicted octanol–water partition coefficient (Wildman–Crippen LogP) is 1.24. The molecule has 2 rings (SSSR count). The van der Waals surface area contributed by atoms with Crippen molar-refractivity contribution in [1.29, 1.82) is 0 Å². The minimum absolute atomic E-state index is 0.0256. The van der Waals surface area contributed by atoms with Gasteiger partial charge in [0.15, 0.2) is 14.8 Å². The van der Waals surface area contributed by atoms with Gasteiger partial charge in [-0.1, -0.05) is 30.3 Å². The van der Waals surface area contributed by atoms with Crippen LogP contribution in [0.5, 0.6) is 0 Å². The normalized spacial score (nSPS) is 23.6. The van der Waals surface area contributed by atoms with Crippen molar-refractivity contribution in [3.63, 3.8) is 0 Å². The maximum absolute atomic E-state index is 11.5. The van der Waals surface area contributed by atoms with Gasteiger partial charge in [0.2, 0.25) is 6.04 Å². The summed E-state index contributed by atoms with van der Waals surface area (Å²) >= 11 is 0. The van der Waals surface area contributed by atoms with Gasteiger partial charge in [0.25, 0.3) is 5.41 Å². The van der Waals surface area contributed by atoms with Crippen LogP contribution in [0.4, 0.5) is 0 Å². The lowest BCUT2D eigenvalue weighted by molar-refractivity contribution is -0.984. The smallest absolute Gasteiger partial charge is 0.264 e. The maximum atomic E-state index is 11.5. The first-order valence-electron chi connectivity index (χ1n) is 6.85. The second-order valence-electron chi connectivity index (χ2n) is 5.44. The lowest BCUT2D eigenvalue weighted by Crippen LogP contribution is -2.70. The lowest BCUT2D eigenvalue weighted by atomic mass is 9.70. The molecule has 128 valence electrons. The van der Waals surface area contributed by atoms with Gasteiger partial charge >= 0.3 is 5.79 Å². The Morgan fingerprint density at radius 1 is 0.917 bits per heavy atom. The molecule has 12 nitrogen and oxygen atoms in total. The van der Waals surface area contributed by atoms with Crippen molar-refractivity contribution in [3.8, 4) is 0 Å². The number of hydrogen-bond acceptors (Lipinski definition) is 8. The predicted molar refractivity (Wildman–Crippen MR) is 76.5 cm³/mol. The summed E-state index contributed by atoms with van der Waals surface area (Å²) in [7, 11) is 0. The van der Waals surface area contributed by atoms with E-state index in [9.17, 15) is 40.5 Å². The van der Waals surface area contributed by atoms with E-state index in [0.29, 0.717) is 0 Å². The van der Waals surface area contributed by atoms with Gasteiger partial charge in [-0.05, 0) is 18.4 Å². The molecular weight excluding hydrogens is 328 g/mol. The molecule has 1 aliphatic rings. The molecule has 1 saturated carbocycles. The fourth-order valence-corrected chi connectivity index (χ4v) is 3.62. The number of nitrogens with zero attached hydrogens (tertiary/aromatic N) is 4. The number of nitro groups is 4. The first kappa shape index (κ1) is 17.2. The van der Waals surface area contributed by atoms with E-state index in [1.54, 1.807) is 0 Å². The zero-order valence-electron chi connectivity index (χ0n) is 12.1. The molecule has 0 saturated heterocycles. The first-order valence-corrected chi connectivity index (χ1v) is 6.85. The Bertz CT molecular complexity index is 672. The SMILES string of the molecule is O=[N+]([O-])C1CCCC1(c1ccccc1)C([N+](=O)[O-])([N+](=O)[O-])[N+](=O)[O-]. The van der Waals surface area contributed by atoms with Crippen molar-refractivity contribution >= 4 is 0 Å². The second-order valence-corrected chi connectivity index (χ2v) is 5.44. The van der Waals surface area contributed by atoms with Crippen molar-refractivity contribution in [1.82, 2.24) is 0 Å². The Morgan fingerprint density at radius 3 is 1.83 bits per heavy atom. The second kappa shape index (κ2) is 5.79. The van der Waals surface area contributed by atoms with Gasteiger partial charge in [0.1, 0.15) is 0 Å². The van der Waals surface area contributed by atoms with Crippen LogP contribution in [0.15, 0.2) is 30.3 Å². The molecule has 0 radical (unpaired) electrons. The Balaban J connectivity index is 2.94. The van der Waals surface area contributed by atoms with Gasteiger partial charge in [-0.15, -0.1) is 0 Å². The third kappa shape index (κ3) is 1.99. The molecule has 0 aromatic heterocycles. The molecule has 2 unspecified atom stereocenters. The highest BCUT2D eigenvalue weighted by atomic mass is 16.7. The van der Waals surface area contributed by atoms with Crippen molar-refractivity contribution in [2.75, 3.05) is 0 Å². The minimum Gasteiger partial charge on any atom is -0.264 e. The highest BCUT2D eigenvalue weighted by Crippen LogP contribution is 2.51. The van der Waals surface area contributed by atoms with Crippen LogP contribution in [0.3, 0.4) is 0 Å². The van der Waals surface area contributed by atoms with E-state index < -0.39 is 43.4 Å². The van der Waals surface area contributed by atoms with Gasteiger partial charge in [-0.3, -0.25) is 40.5 Å².